The normalized spacial score (nSPS) is 11.4. The van der Waals surface area contributed by atoms with E-state index in [1.54, 1.807) is 6.20 Å². The van der Waals surface area contributed by atoms with Gasteiger partial charge in [0.15, 0.2) is 0 Å². The van der Waals surface area contributed by atoms with E-state index < -0.39 is 0 Å². The third-order valence-corrected chi connectivity index (χ3v) is 4.35. The van der Waals surface area contributed by atoms with Crippen LogP contribution < -0.4 is 0 Å². The summed E-state index contributed by atoms with van der Waals surface area (Å²) in [7, 11) is 0. The summed E-state index contributed by atoms with van der Waals surface area (Å²) < 4.78 is 2.20. The highest BCUT2D eigenvalue weighted by atomic mass is 35.5. The van der Waals surface area contributed by atoms with Crippen LogP contribution in [0, 0.1) is 0 Å². The van der Waals surface area contributed by atoms with E-state index in [1.165, 1.54) is 5.56 Å². The summed E-state index contributed by atoms with van der Waals surface area (Å²) in [6, 6.07) is 18.2. The average molecular weight is 323 g/mol. The number of aliphatic hydroxyl groups excluding tert-OH is 1. The van der Waals surface area contributed by atoms with E-state index in [1.807, 2.05) is 42.5 Å². The number of nitrogens with zero attached hydrogens (tertiary/aromatic N) is 2. The van der Waals surface area contributed by atoms with Crippen LogP contribution in [-0.2, 0) is 13.2 Å². The van der Waals surface area contributed by atoms with Crippen molar-refractivity contribution in [1.82, 2.24) is 9.55 Å². The molecular weight excluding hydrogens is 308 g/mol. The molecule has 0 amide bonds. The first kappa shape index (κ1) is 14.2. The number of fused-ring (bicyclic) bond motifs is 3. The van der Waals surface area contributed by atoms with E-state index in [0.717, 1.165) is 39.1 Å². The second-order valence-electron chi connectivity index (χ2n) is 5.60. The van der Waals surface area contributed by atoms with Gasteiger partial charge in [0.2, 0.25) is 0 Å². The maximum absolute atomic E-state index is 9.38. The molecule has 0 spiro atoms. The third-order valence-electron chi connectivity index (χ3n) is 4.10. The van der Waals surface area contributed by atoms with Gasteiger partial charge in [0.1, 0.15) is 5.65 Å². The summed E-state index contributed by atoms with van der Waals surface area (Å²) in [5.41, 5.74) is 4.07. The van der Waals surface area contributed by atoms with Crippen molar-refractivity contribution in [3.8, 4) is 0 Å². The highest BCUT2D eigenvalue weighted by molar-refractivity contribution is 6.30. The molecule has 4 rings (SSSR count). The molecule has 2 heterocycles. The first-order valence-corrected chi connectivity index (χ1v) is 7.85. The maximum Gasteiger partial charge on any atom is 0.141 e. The van der Waals surface area contributed by atoms with Crippen molar-refractivity contribution in [1.29, 1.82) is 0 Å². The van der Waals surface area contributed by atoms with Crippen LogP contribution in [0.3, 0.4) is 0 Å². The molecule has 0 aliphatic carbocycles. The molecule has 1 N–H and O–H groups in total. The van der Waals surface area contributed by atoms with Crippen molar-refractivity contribution in [2.75, 3.05) is 0 Å². The van der Waals surface area contributed by atoms with E-state index in [-0.39, 0.29) is 6.61 Å². The van der Waals surface area contributed by atoms with Gasteiger partial charge in [-0.25, -0.2) is 4.98 Å². The van der Waals surface area contributed by atoms with Crippen molar-refractivity contribution in [2.45, 2.75) is 13.2 Å². The van der Waals surface area contributed by atoms with Crippen molar-refractivity contribution >= 4 is 33.5 Å². The minimum absolute atomic E-state index is 0.000366. The van der Waals surface area contributed by atoms with E-state index >= 15 is 0 Å². The standard InChI is InChI=1S/C19H15ClN2O/c20-15-7-5-13(6-8-15)11-22-18-4-2-1-3-16(18)17-9-14(12-23)10-21-19(17)22/h1-10,23H,11-12H2. The van der Waals surface area contributed by atoms with Crippen LogP contribution in [0.4, 0.5) is 0 Å². The molecular formula is C19H15ClN2O. The van der Waals surface area contributed by atoms with Crippen LogP contribution in [0.1, 0.15) is 11.1 Å². The SMILES string of the molecule is OCc1cnc2c(c1)c1ccccc1n2Cc1ccc(Cl)cc1. The number of pyridine rings is 1. The second-order valence-corrected chi connectivity index (χ2v) is 6.04. The summed E-state index contributed by atoms with van der Waals surface area (Å²) in [4.78, 5) is 4.58. The Bertz CT molecular complexity index is 990. The number of aromatic nitrogens is 2. The van der Waals surface area contributed by atoms with E-state index in [2.05, 4.69) is 21.7 Å². The van der Waals surface area contributed by atoms with Crippen molar-refractivity contribution in [3.63, 3.8) is 0 Å². The smallest absolute Gasteiger partial charge is 0.141 e. The fraction of sp³-hybridized carbons (Fsp3) is 0.105. The Hall–Kier alpha value is -2.36. The lowest BCUT2D eigenvalue weighted by molar-refractivity contribution is 0.281. The predicted molar refractivity (Wildman–Crippen MR) is 93.7 cm³/mol. The number of halogens is 1. The van der Waals surface area contributed by atoms with Crippen LogP contribution in [0.5, 0.6) is 0 Å². The van der Waals surface area contributed by atoms with Gasteiger partial charge >= 0.3 is 0 Å². The lowest BCUT2D eigenvalue weighted by Crippen LogP contribution is -2.00. The van der Waals surface area contributed by atoms with E-state index in [9.17, 15) is 5.11 Å². The van der Waals surface area contributed by atoms with Gasteiger partial charge < -0.3 is 9.67 Å². The van der Waals surface area contributed by atoms with E-state index in [0.29, 0.717) is 0 Å². The van der Waals surface area contributed by atoms with Gasteiger partial charge in [-0.3, -0.25) is 0 Å². The lowest BCUT2D eigenvalue weighted by Gasteiger charge is -2.07. The molecule has 0 saturated heterocycles. The minimum Gasteiger partial charge on any atom is -0.392 e. The van der Waals surface area contributed by atoms with Gasteiger partial charge in [0.25, 0.3) is 0 Å². The number of para-hydroxylation sites is 1. The number of hydrogen-bond donors (Lipinski definition) is 1. The van der Waals surface area contributed by atoms with Crippen LogP contribution in [0.15, 0.2) is 60.8 Å². The topological polar surface area (TPSA) is 38.1 Å². The first-order valence-electron chi connectivity index (χ1n) is 7.47. The number of hydrogen-bond acceptors (Lipinski definition) is 2. The molecule has 0 atom stereocenters. The zero-order valence-corrected chi connectivity index (χ0v) is 13.2. The minimum atomic E-state index is -0.000366. The van der Waals surface area contributed by atoms with Gasteiger partial charge in [0.05, 0.1) is 12.1 Å². The molecule has 0 fully saturated rings. The monoisotopic (exact) mass is 322 g/mol. The second kappa shape index (κ2) is 5.69. The zero-order valence-electron chi connectivity index (χ0n) is 12.4. The van der Waals surface area contributed by atoms with Crippen LogP contribution >= 0.6 is 11.6 Å². The summed E-state index contributed by atoms with van der Waals surface area (Å²) in [6.07, 6.45) is 1.74. The van der Waals surface area contributed by atoms with Gasteiger partial charge in [-0.05, 0) is 35.4 Å². The molecule has 0 saturated carbocycles. The Kier molecular flexibility index (Phi) is 3.52. The molecule has 114 valence electrons. The Morgan fingerprint density at radius 3 is 2.52 bits per heavy atom. The van der Waals surface area contributed by atoms with Crippen molar-refractivity contribution < 1.29 is 5.11 Å². The molecule has 0 bridgehead atoms. The summed E-state index contributed by atoms with van der Waals surface area (Å²) in [5, 5.41) is 12.3. The highest BCUT2D eigenvalue weighted by Gasteiger charge is 2.12. The summed E-state index contributed by atoms with van der Waals surface area (Å²) >= 11 is 5.97. The Balaban J connectivity index is 1.94. The van der Waals surface area contributed by atoms with Gasteiger partial charge in [-0.1, -0.05) is 41.9 Å². The first-order chi connectivity index (χ1) is 11.3. The predicted octanol–water partition coefficient (Wildman–Crippen LogP) is 4.38. The zero-order chi connectivity index (χ0) is 15.8. The number of benzene rings is 2. The molecule has 3 nitrogen and oxygen atoms in total. The highest BCUT2D eigenvalue weighted by Crippen LogP contribution is 2.29. The van der Waals surface area contributed by atoms with Gasteiger partial charge in [-0.2, -0.15) is 0 Å². The fourth-order valence-electron chi connectivity index (χ4n) is 2.98. The van der Waals surface area contributed by atoms with Crippen molar-refractivity contribution in [3.05, 3.63) is 76.9 Å². The summed E-state index contributed by atoms with van der Waals surface area (Å²) in [5.74, 6) is 0. The molecule has 2 aromatic carbocycles. The molecule has 4 heteroatoms. The van der Waals surface area contributed by atoms with Crippen LogP contribution in [0.2, 0.25) is 5.02 Å². The lowest BCUT2D eigenvalue weighted by atomic mass is 10.1. The average Bonchev–Trinajstić information content (AvgIpc) is 2.90. The Morgan fingerprint density at radius 2 is 1.74 bits per heavy atom. The Morgan fingerprint density at radius 1 is 0.957 bits per heavy atom. The molecule has 4 aromatic rings. The maximum atomic E-state index is 9.38. The largest absolute Gasteiger partial charge is 0.392 e. The molecule has 0 radical (unpaired) electrons. The van der Waals surface area contributed by atoms with Crippen molar-refractivity contribution in [2.24, 2.45) is 0 Å². The molecule has 0 aliphatic heterocycles. The Labute approximate surface area is 138 Å². The molecule has 23 heavy (non-hydrogen) atoms. The molecule has 0 aliphatic rings. The van der Waals surface area contributed by atoms with E-state index in [4.69, 9.17) is 11.6 Å². The molecule has 2 aromatic heterocycles. The van der Waals surface area contributed by atoms with Gasteiger partial charge in [0, 0.05) is 28.5 Å². The summed E-state index contributed by atoms with van der Waals surface area (Å²) in [6.45, 7) is 0.728. The molecule has 0 unspecified atom stereocenters. The number of rotatable bonds is 3. The van der Waals surface area contributed by atoms with Crippen LogP contribution in [-0.4, -0.2) is 14.7 Å². The van der Waals surface area contributed by atoms with Gasteiger partial charge in [-0.15, -0.1) is 0 Å². The number of aliphatic hydroxyl groups is 1. The quantitative estimate of drug-likeness (QED) is 0.607. The van der Waals surface area contributed by atoms with Crippen LogP contribution in [0.25, 0.3) is 21.9 Å². The third kappa shape index (κ3) is 2.48. The fourth-order valence-corrected chi connectivity index (χ4v) is 3.11.